The van der Waals surface area contributed by atoms with Gasteiger partial charge in [0.2, 0.25) is 0 Å². The molecule has 1 heterocycles. The molecule has 4 rings (SSSR count). The van der Waals surface area contributed by atoms with Gasteiger partial charge < -0.3 is 4.74 Å². The minimum Gasteiger partial charge on any atom is -0.486 e. The maximum atomic E-state index is 13.0. The molecular weight excluding hydrogens is 617 g/mol. The fourth-order valence-electron chi connectivity index (χ4n) is 3.01. The van der Waals surface area contributed by atoms with Gasteiger partial charge in [-0.05, 0) is 79.9 Å². The first-order valence-corrected chi connectivity index (χ1v) is 12.8. The fraction of sp³-hybridized carbons (Fsp3) is 0.0435. The second-order valence-electron chi connectivity index (χ2n) is 6.69. The van der Waals surface area contributed by atoms with E-state index in [4.69, 9.17) is 40.2 Å². The molecule has 0 saturated carbocycles. The molecule has 0 unspecified atom stereocenters. The van der Waals surface area contributed by atoms with Crippen LogP contribution in [0, 0.1) is 0 Å². The van der Waals surface area contributed by atoms with Gasteiger partial charge in [-0.25, -0.2) is 0 Å². The molecule has 0 aromatic heterocycles. The van der Waals surface area contributed by atoms with Crippen molar-refractivity contribution in [3.05, 3.63) is 95.7 Å². The third kappa shape index (κ3) is 5.24. The first-order valence-electron chi connectivity index (χ1n) is 9.22. The van der Waals surface area contributed by atoms with Gasteiger partial charge in [-0.15, -0.1) is 0 Å². The van der Waals surface area contributed by atoms with Gasteiger partial charge >= 0.3 is 0 Å². The van der Waals surface area contributed by atoms with Crippen LogP contribution in [0.2, 0.25) is 10.0 Å². The van der Waals surface area contributed by atoms with Crippen molar-refractivity contribution in [2.75, 3.05) is 4.90 Å². The lowest BCUT2D eigenvalue weighted by Gasteiger charge is -2.14. The molecule has 9 heteroatoms. The standard InChI is InChI=1S/C23H13Br2Cl2NO2S2/c24-17-8-13(9-18(25)21(17)30-12-14-6-7-15(26)11-19(14)27)10-20-22(29)28(23(31)32-20)16-4-2-1-3-5-16/h1-11H,12H2/b20-10+. The van der Waals surface area contributed by atoms with Gasteiger partial charge in [0.25, 0.3) is 5.91 Å². The highest BCUT2D eigenvalue weighted by molar-refractivity contribution is 9.11. The van der Waals surface area contributed by atoms with Crippen molar-refractivity contribution < 1.29 is 9.53 Å². The van der Waals surface area contributed by atoms with Gasteiger partial charge in [0.15, 0.2) is 4.32 Å². The Labute approximate surface area is 222 Å². The zero-order valence-electron chi connectivity index (χ0n) is 16.2. The van der Waals surface area contributed by atoms with Crippen LogP contribution in [0.3, 0.4) is 0 Å². The van der Waals surface area contributed by atoms with E-state index in [1.54, 1.807) is 17.0 Å². The van der Waals surface area contributed by atoms with Crippen molar-refractivity contribution in [3.8, 4) is 5.75 Å². The van der Waals surface area contributed by atoms with E-state index >= 15 is 0 Å². The van der Waals surface area contributed by atoms with Gasteiger partial charge in [-0.3, -0.25) is 9.69 Å². The molecule has 1 amide bonds. The monoisotopic (exact) mass is 627 g/mol. The van der Waals surface area contributed by atoms with Crippen LogP contribution in [0.25, 0.3) is 6.08 Å². The zero-order valence-corrected chi connectivity index (χ0v) is 22.5. The van der Waals surface area contributed by atoms with Gasteiger partial charge in [-0.1, -0.05) is 71.4 Å². The summed E-state index contributed by atoms with van der Waals surface area (Å²) in [6.07, 6.45) is 1.82. The molecule has 1 fully saturated rings. The lowest BCUT2D eigenvalue weighted by Crippen LogP contribution is -2.27. The summed E-state index contributed by atoms with van der Waals surface area (Å²) in [5.41, 5.74) is 2.41. The van der Waals surface area contributed by atoms with Crippen LogP contribution in [-0.4, -0.2) is 10.2 Å². The highest BCUT2D eigenvalue weighted by atomic mass is 79.9. The molecule has 3 aromatic carbocycles. The number of thioether (sulfide) groups is 1. The van der Waals surface area contributed by atoms with Crippen molar-refractivity contribution in [2.45, 2.75) is 6.61 Å². The summed E-state index contributed by atoms with van der Waals surface area (Å²) in [4.78, 5) is 15.1. The lowest BCUT2D eigenvalue weighted by molar-refractivity contribution is -0.113. The fourth-order valence-corrected chi connectivity index (χ4v) is 6.22. The minimum absolute atomic E-state index is 0.142. The van der Waals surface area contributed by atoms with E-state index < -0.39 is 0 Å². The molecule has 0 N–H and O–H groups in total. The summed E-state index contributed by atoms with van der Waals surface area (Å²) in [5, 5.41) is 1.12. The molecule has 0 atom stereocenters. The van der Waals surface area contributed by atoms with Crippen LogP contribution in [0.4, 0.5) is 5.69 Å². The topological polar surface area (TPSA) is 29.5 Å². The number of hydrogen-bond acceptors (Lipinski definition) is 4. The molecule has 1 aliphatic rings. The third-order valence-corrected chi connectivity index (χ3v) is 7.58. The smallest absolute Gasteiger partial charge is 0.270 e. The van der Waals surface area contributed by atoms with E-state index in [1.165, 1.54) is 11.8 Å². The number of hydrogen-bond donors (Lipinski definition) is 0. The summed E-state index contributed by atoms with van der Waals surface area (Å²) in [7, 11) is 0. The maximum absolute atomic E-state index is 13.0. The Morgan fingerprint density at radius 3 is 2.38 bits per heavy atom. The van der Waals surface area contributed by atoms with Crippen LogP contribution >= 0.6 is 79.0 Å². The second kappa shape index (κ2) is 10.3. The number of thiocarbonyl (C=S) groups is 1. The normalized spacial score (nSPS) is 15.0. The van der Waals surface area contributed by atoms with Gasteiger partial charge in [-0.2, -0.15) is 0 Å². The Balaban J connectivity index is 1.55. The number of ether oxygens (including phenoxy) is 1. The van der Waals surface area contributed by atoms with Crippen LogP contribution in [0.15, 0.2) is 74.5 Å². The van der Waals surface area contributed by atoms with E-state index in [-0.39, 0.29) is 12.5 Å². The van der Waals surface area contributed by atoms with Crippen LogP contribution in [0.5, 0.6) is 5.75 Å². The quantitative estimate of drug-likeness (QED) is 0.209. The Morgan fingerprint density at radius 2 is 1.72 bits per heavy atom. The number of benzene rings is 3. The number of anilines is 1. The summed E-state index contributed by atoms with van der Waals surface area (Å²) < 4.78 is 7.95. The van der Waals surface area contributed by atoms with E-state index in [0.29, 0.717) is 25.0 Å². The van der Waals surface area contributed by atoms with E-state index in [0.717, 1.165) is 25.8 Å². The molecule has 3 nitrogen and oxygen atoms in total. The van der Waals surface area contributed by atoms with E-state index in [9.17, 15) is 4.79 Å². The number of amides is 1. The highest BCUT2D eigenvalue weighted by Gasteiger charge is 2.33. The molecule has 3 aromatic rings. The predicted molar refractivity (Wildman–Crippen MR) is 145 cm³/mol. The van der Waals surface area contributed by atoms with Crippen molar-refractivity contribution in [2.24, 2.45) is 0 Å². The molecule has 0 spiro atoms. The van der Waals surface area contributed by atoms with E-state index in [1.807, 2.05) is 54.6 Å². The second-order valence-corrected chi connectivity index (χ2v) is 10.9. The SMILES string of the molecule is O=C1/C(=C\c2cc(Br)c(OCc3ccc(Cl)cc3Cl)c(Br)c2)SC(=S)N1c1ccccc1. The van der Waals surface area contributed by atoms with Gasteiger partial charge in [0.05, 0.1) is 19.5 Å². The summed E-state index contributed by atoms with van der Waals surface area (Å²) in [5.74, 6) is 0.487. The van der Waals surface area contributed by atoms with Gasteiger partial charge in [0.1, 0.15) is 12.4 Å². The molecule has 32 heavy (non-hydrogen) atoms. The number of halogens is 4. The molecule has 0 radical (unpaired) electrons. The van der Waals surface area contributed by atoms with Crippen LogP contribution in [0.1, 0.15) is 11.1 Å². The van der Waals surface area contributed by atoms with E-state index in [2.05, 4.69) is 31.9 Å². The van der Waals surface area contributed by atoms with Crippen LogP contribution in [-0.2, 0) is 11.4 Å². The Hall–Kier alpha value is -1.35. The maximum Gasteiger partial charge on any atom is 0.270 e. The Bertz CT molecular complexity index is 1230. The summed E-state index contributed by atoms with van der Waals surface area (Å²) in [6.45, 7) is 0.280. The average molecular weight is 630 g/mol. The molecule has 1 aliphatic heterocycles. The number of nitrogens with zero attached hydrogens (tertiary/aromatic N) is 1. The Kier molecular flexibility index (Phi) is 7.65. The average Bonchev–Trinajstić information content (AvgIpc) is 3.02. The molecule has 162 valence electrons. The third-order valence-electron chi connectivity index (χ3n) is 4.51. The highest BCUT2D eigenvalue weighted by Crippen LogP contribution is 2.39. The van der Waals surface area contributed by atoms with Crippen molar-refractivity contribution in [1.82, 2.24) is 0 Å². The number of carbonyl (C=O) groups excluding carboxylic acids is 1. The van der Waals surface area contributed by atoms with Gasteiger partial charge in [0, 0.05) is 15.6 Å². The first kappa shape index (κ1) is 23.8. The molecular formula is C23H13Br2Cl2NO2S2. The minimum atomic E-state index is -0.142. The molecule has 1 saturated heterocycles. The zero-order chi connectivity index (χ0) is 22.8. The van der Waals surface area contributed by atoms with Crippen molar-refractivity contribution >= 4 is 101 Å². The number of rotatable bonds is 5. The predicted octanol–water partition coefficient (Wildman–Crippen LogP) is 8.50. The number of para-hydroxylation sites is 1. The largest absolute Gasteiger partial charge is 0.486 e. The summed E-state index contributed by atoms with van der Waals surface area (Å²) >= 11 is 26.0. The Morgan fingerprint density at radius 1 is 1.03 bits per heavy atom. The van der Waals surface area contributed by atoms with Crippen molar-refractivity contribution in [1.29, 1.82) is 0 Å². The van der Waals surface area contributed by atoms with Crippen LogP contribution < -0.4 is 9.64 Å². The summed E-state index contributed by atoms with van der Waals surface area (Å²) in [6, 6.07) is 18.4. The lowest BCUT2D eigenvalue weighted by atomic mass is 10.2. The van der Waals surface area contributed by atoms with Crippen molar-refractivity contribution in [3.63, 3.8) is 0 Å². The molecule has 0 aliphatic carbocycles. The molecule has 0 bridgehead atoms. The first-order chi connectivity index (χ1) is 15.3. The number of carbonyl (C=O) groups is 1.